The third kappa shape index (κ3) is 5.89. The van der Waals surface area contributed by atoms with Crippen LogP contribution in [-0.2, 0) is 27.8 Å². The first-order chi connectivity index (χ1) is 15.7. The molecular formula is C23H28N4O5S. The number of hydrogen-bond donors (Lipinski definition) is 2. The van der Waals surface area contributed by atoms with Crippen LogP contribution in [0.5, 0.6) is 0 Å². The number of benzene rings is 2. The molecule has 1 heterocycles. The lowest BCUT2D eigenvalue weighted by Crippen LogP contribution is -2.25. The van der Waals surface area contributed by atoms with Crippen LogP contribution in [0, 0.1) is 0 Å². The summed E-state index contributed by atoms with van der Waals surface area (Å²) in [7, 11) is 0.376. The topological polar surface area (TPSA) is 114 Å². The number of hydrogen-bond acceptors (Lipinski definition) is 6. The van der Waals surface area contributed by atoms with Gasteiger partial charge in [0.05, 0.1) is 10.4 Å². The van der Waals surface area contributed by atoms with E-state index in [1.54, 1.807) is 47.0 Å². The Kier molecular flexibility index (Phi) is 6.68. The monoisotopic (exact) mass is 472 g/mol. The van der Waals surface area contributed by atoms with Crippen molar-refractivity contribution >= 4 is 32.7 Å². The Bertz CT molecular complexity index is 1300. The Balaban J connectivity index is 1.36. The largest absolute Gasteiger partial charge is 0.419 e. The lowest BCUT2D eigenvalue weighted by molar-refractivity contribution is -0.116. The van der Waals surface area contributed by atoms with Crippen LogP contribution in [0.15, 0.2) is 56.6 Å². The Morgan fingerprint density at radius 3 is 2.55 bits per heavy atom. The molecule has 1 aromatic heterocycles. The summed E-state index contributed by atoms with van der Waals surface area (Å²) in [6, 6.07) is 11.8. The number of carbonyl (C=O) groups is 1. The SMILES string of the molecule is CN(C)CCn1c(=O)oc2ccc(NC(=O)CCc3ccc(S(=O)(=O)NC4CC4)cc3)cc21. The van der Waals surface area contributed by atoms with Crippen LogP contribution in [0.4, 0.5) is 5.69 Å². The van der Waals surface area contributed by atoms with E-state index in [-0.39, 0.29) is 23.3 Å². The highest BCUT2D eigenvalue weighted by atomic mass is 32.2. The Labute approximate surface area is 192 Å². The van der Waals surface area contributed by atoms with Crippen molar-refractivity contribution in [1.29, 1.82) is 0 Å². The summed E-state index contributed by atoms with van der Waals surface area (Å²) in [5.41, 5.74) is 2.57. The summed E-state index contributed by atoms with van der Waals surface area (Å²) in [5, 5.41) is 2.86. The standard InChI is InChI=1S/C23H28N4O5S/c1-26(2)13-14-27-20-15-18(8-11-21(20)32-23(27)29)24-22(28)12-5-16-3-9-19(10-4-16)33(30,31)25-17-6-7-17/h3-4,8-11,15,17,25H,5-7,12-14H2,1-2H3,(H,24,28). The van der Waals surface area contributed by atoms with E-state index in [1.807, 2.05) is 19.0 Å². The van der Waals surface area contributed by atoms with Crippen molar-refractivity contribution in [3.63, 3.8) is 0 Å². The maximum absolute atomic E-state index is 12.5. The fourth-order valence-electron chi connectivity index (χ4n) is 3.46. The van der Waals surface area contributed by atoms with Crippen LogP contribution in [0.2, 0.25) is 0 Å². The minimum atomic E-state index is -3.48. The highest BCUT2D eigenvalue weighted by molar-refractivity contribution is 7.89. The van der Waals surface area contributed by atoms with E-state index in [9.17, 15) is 18.0 Å². The predicted molar refractivity (Wildman–Crippen MR) is 126 cm³/mol. The molecule has 9 nitrogen and oxygen atoms in total. The van der Waals surface area contributed by atoms with Gasteiger partial charge in [-0.1, -0.05) is 12.1 Å². The van der Waals surface area contributed by atoms with Crippen molar-refractivity contribution in [3.05, 3.63) is 58.6 Å². The first-order valence-electron chi connectivity index (χ1n) is 10.9. The molecule has 3 aromatic rings. The average Bonchev–Trinajstić information content (AvgIpc) is 3.51. The lowest BCUT2D eigenvalue weighted by Gasteiger charge is -2.10. The predicted octanol–water partition coefficient (Wildman–Crippen LogP) is 2.17. The molecule has 4 rings (SSSR count). The molecule has 0 spiro atoms. The van der Waals surface area contributed by atoms with Crippen molar-refractivity contribution < 1.29 is 17.6 Å². The van der Waals surface area contributed by atoms with Crippen molar-refractivity contribution in [2.75, 3.05) is 26.0 Å². The average molecular weight is 473 g/mol. The fourth-order valence-corrected chi connectivity index (χ4v) is 4.76. The second-order valence-corrected chi connectivity index (χ2v) is 10.3. The molecule has 33 heavy (non-hydrogen) atoms. The zero-order valence-corrected chi connectivity index (χ0v) is 19.5. The normalized spacial score (nSPS) is 14.2. The van der Waals surface area contributed by atoms with Gasteiger partial charge in [0.15, 0.2) is 5.58 Å². The summed E-state index contributed by atoms with van der Waals surface area (Å²) >= 11 is 0. The fraction of sp³-hybridized carbons (Fsp3) is 0.391. The smallest absolute Gasteiger partial charge is 0.408 e. The number of carbonyl (C=O) groups excluding carboxylic acids is 1. The number of aromatic nitrogens is 1. The van der Waals surface area contributed by atoms with E-state index in [1.165, 1.54) is 0 Å². The lowest BCUT2D eigenvalue weighted by atomic mass is 10.1. The molecule has 0 atom stereocenters. The maximum Gasteiger partial charge on any atom is 0.419 e. The van der Waals surface area contributed by atoms with Gasteiger partial charge >= 0.3 is 5.76 Å². The molecule has 176 valence electrons. The van der Waals surface area contributed by atoms with E-state index in [0.717, 1.165) is 18.4 Å². The van der Waals surface area contributed by atoms with Crippen molar-refractivity contribution in [3.8, 4) is 0 Å². The van der Waals surface area contributed by atoms with E-state index in [2.05, 4.69) is 10.0 Å². The van der Waals surface area contributed by atoms with Crippen LogP contribution >= 0.6 is 0 Å². The number of fused-ring (bicyclic) bond motifs is 1. The number of nitrogens with zero attached hydrogens (tertiary/aromatic N) is 2. The van der Waals surface area contributed by atoms with Gasteiger partial charge in [0.25, 0.3) is 0 Å². The number of amides is 1. The Hall–Kier alpha value is -2.95. The number of likely N-dealkylation sites (N-methyl/N-ethyl adjacent to an activating group) is 1. The number of aryl methyl sites for hydroxylation is 1. The number of nitrogens with one attached hydrogen (secondary N) is 2. The Morgan fingerprint density at radius 1 is 1.15 bits per heavy atom. The first kappa shape index (κ1) is 23.2. The van der Waals surface area contributed by atoms with Gasteiger partial charge in [-0.05, 0) is 69.3 Å². The molecular weight excluding hydrogens is 444 g/mol. The van der Waals surface area contributed by atoms with Gasteiger partial charge in [-0.2, -0.15) is 0 Å². The minimum Gasteiger partial charge on any atom is -0.408 e. The molecule has 1 saturated carbocycles. The summed E-state index contributed by atoms with van der Waals surface area (Å²) in [6.45, 7) is 1.17. The second-order valence-electron chi connectivity index (χ2n) is 8.59. The van der Waals surface area contributed by atoms with Crippen LogP contribution in [-0.4, -0.2) is 50.5 Å². The van der Waals surface area contributed by atoms with Crippen molar-refractivity contribution in [1.82, 2.24) is 14.2 Å². The van der Waals surface area contributed by atoms with Crippen LogP contribution in [0.1, 0.15) is 24.8 Å². The molecule has 0 bridgehead atoms. The van der Waals surface area contributed by atoms with Gasteiger partial charge in [0, 0.05) is 31.2 Å². The van der Waals surface area contributed by atoms with Gasteiger partial charge < -0.3 is 14.6 Å². The number of sulfonamides is 1. The number of rotatable bonds is 10. The molecule has 1 fully saturated rings. The van der Waals surface area contributed by atoms with Gasteiger partial charge in [-0.15, -0.1) is 0 Å². The molecule has 0 radical (unpaired) electrons. The molecule has 1 aliphatic carbocycles. The van der Waals surface area contributed by atoms with E-state index < -0.39 is 15.8 Å². The first-order valence-corrected chi connectivity index (χ1v) is 12.4. The molecule has 1 amide bonds. The number of oxazole rings is 1. The highest BCUT2D eigenvalue weighted by Gasteiger charge is 2.27. The van der Waals surface area contributed by atoms with Gasteiger partial charge in [-0.25, -0.2) is 17.9 Å². The molecule has 0 aliphatic heterocycles. The molecule has 1 aliphatic rings. The Morgan fingerprint density at radius 2 is 1.88 bits per heavy atom. The highest BCUT2D eigenvalue weighted by Crippen LogP contribution is 2.23. The minimum absolute atomic E-state index is 0.0577. The third-order valence-electron chi connectivity index (χ3n) is 5.50. The van der Waals surface area contributed by atoms with Gasteiger partial charge in [0.1, 0.15) is 0 Å². The van der Waals surface area contributed by atoms with E-state index in [4.69, 9.17) is 4.42 Å². The van der Waals surface area contributed by atoms with Crippen LogP contribution in [0.3, 0.4) is 0 Å². The maximum atomic E-state index is 12.5. The van der Waals surface area contributed by atoms with Crippen LogP contribution in [0.25, 0.3) is 11.1 Å². The summed E-state index contributed by atoms with van der Waals surface area (Å²) in [5.74, 6) is -0.597. The van der Waals surface area contributed by atoms with Crippen molar-refractivity contribution in [2.45, 2.75) is 43.2 Å². The molecule has 10 heteroatoms. The number of anilines is 1. The third-order valence-corrected chi connectivity index (χ3v) is 7.03. The molecule has 2 aromatic carbocycles. The van der Waals surface area contributed by atoms with Gasteiger partial charge in [-0.3, -0.25) is 9.36 Å². The van der Waals surface area contributed by atoms with Crippen molar-refractivity contribution in [2.24, 2.45) is 0 Å². The van der Waals surface area contributed by atoms with Crippen LogP contribution < -0.4 is 15.8 Å². The zero-order valence-electron chi connectivity index (χ0n) is 18.7. The zero-order chi connectivity index (χ0) is 23.6. The summed E-state index contributed by atoms with van der Waals surface area (Å²) in [4.78, 5) is 26.8. The van der Waals surface area contributed by atoms with E-state index >= 15 is 0 Å². The molecule has 2 N–H and O–H groups in total. The molecule has 0 saturated heterocycles. The summed E-state index contributed by atoms with van der Waals surface area (Å²) in [6.07, 6.45) is 2.48. The summed E-state index contributed by atoms with van der Waals surface area (Å²) < 4.78 is 34.0. The molecule has 0 unspecified atom stereocenters. The van der Waals surface area contributed by atoms with E-state index in [0.29, 0.717) is 36.3 Å². The second kappa shape index (κ2) is 9.50. The van der Waals surface area contributed by atoms with Gasteiger partial charge in [0.2, 0.25) is 15.9 Å². The quantitative estimate of drug-likeness (QED) is 0.468.